The van der Waals surface area contributed by atoms with Crippen LogP contribution in [0.15, 0.2) is 65.7 Å². The van der Waals surface area contributed by atoms with E-state index in [2.05, 4.69) is 15.0 Å². The summed E-state index contributed by atoms with van der Waals surface area (Å²) in [5.74, 6) is -0.255. The number of halogens is 2. The number of hydrogen-bond donors (Lipinski definition) is 2. The highest BCUT2D eigenvalue weighted by atomic mass is 19.3. The fourth-order valence-electron chi connectivity index (χ4n) is 3.21. The second kappa shape index (κ2) is 8.30. The maximum absolute atomic E-state index is 13.2. The van der Waals surface area contributed by atoms with Gasteiger partial charge in [0.25, 0.3) is 5.91 Å². The molecule has 0 saturated carbocycles. The molecule has 1 aliphatic rings. The summed E-state index contributed by atoms with van der Waals surface area (Å²) in [6, 6.07) is 13.2. The van der Waals surface area contributed by atoms with Gasteiger partial charge in [-0.3, -0.25) is 9.69 Å². The van der Waals surface area contributed by atoms with Gasteiger partial charge in [0.2, 0.25) is 0 Å². The number of nitrogens with one attached hydrogen (secondary N) is 1. The third-order valence-electron chi connectivity index (χ3n) is 4.68. The van der Waals surface area contributed by atoms with Gasteiger partial charge in [-0.1, -0.05) is 36.4 Å². The van der Waals surface area contributed by atoms with Crippen molar-refractivity contribution in [1.29, 1.82) is 0 Å². The largest absolute Gasteiger partial charge is 0.435 e. The summed E-state index contributed by atoms with van der Waals surface area (Å²) in [5, 5.41) is 3.25. The quantitative estimate of drug-likeness (QED) is 0.699. The molecule has 0 radical (unpaired) electrons. The fourth-order valence-corrected chi connectivity index (χ4v) is 3.21. The molecule has 6 nitrogen and oxygen atoms in total. The Morgan fingerprint density at radius 2 is 1.97 bits per heavy atom. The average molecular weight is 400 g/mol. The van der Waals surface area contributed by atoms with Gasteiger partial charge in [-0.2, -0.15) is 8.78 Å². The summed E-state index contributed by atoms with van der Waals surface area (Å²) in [6.07, 6.45) is 3.90. The monoisotopic (exact) mass is 400 g/mol. The Morgan fingerprint density at radius 1 is 1.24 bits per heavy atom. The molecule has 0 aromatic heterocycles. The van der Waals surface area contributed by atoms with E-state index in [0.29, 0.717) is 17.7 Å². The van der Waals surface area contributed by atoms with Crippen LogP contribution in [0.5, 0.6) is 5.75 Å². The Balaban J connectivity index is 2.07. The molecule has 3 rings (SSSR count). The van der Waals surface area contributed by atoms with Crippen molar-refractivity contribution in [2.24, 2.45) is 10.7 Å². The lowest BCUT2D eigenvalue weighted by atomic mass is 9.82. The number of allylic oxidation sites excluding steroid dienone is 1. The summed E-state index contributed by atoms with van der Waals surface area (Å²) >= 11 is 0. The lowest BCUT2D eigenvalue weighted by Crippen LogP contribution is -2.41. The number of hydrogen-bond acceptors (Lipinski definition) is 5. The van der Waals surface area contributed by atoms with Crippen molar-refractivity contribution in [2.75, 3.05) is 18.9 Å². The van der Waals surface area contributed by atoms with Gasteiger partial charge in [0.05, 0.1) is 0 Å². The van der Waals surface area contributed by atoms with Gasteiger partial charge in [-0.25, -0.2) is 4.99 Å². The minimum absolute atomic E-state index is 0.00331. The molecule has 0 aliphatic carbocycles. The molecule has 2 aromatic carbocycles. The SMILES string of the molecule is CC=CCNc1cccc(C2(c3ccc(OC(F)F)cc3)N=C(N)N(C)C2=O)c1. The van der Waals surface area contributed by atoms with Crippen LogP contribution in [0.3, 0.4) is 0 Å². The Labute approximate surface area is 167 Å². The number of carbonyl (C=O) groups is 1. The highest BCUT2D eigenvalue weighted by molar-refractivity contribution is 6.09. The highest BCUT2D eigenvalue weighted by Crippen LogP contribution is 2.40. The van der Waals surface area contributed by atoms with Crippen molar-refractivity contribution in [3.63, 3.8) is 0 Å². The Hall–Kier alpha value is -3.42. The number of likely N-dealkylation sites (N-methyl/N-ethyl adjacent to an activating group) is 1. The summed E-state index contributed by atoms with van der Waals surface area (Å²) < 4.78 is 29.3. The number of ether oxygens (including phenoxy) is 1. The first-order valence-electron chi connectivity index (χ1n) is 9.03. The number of amides is 1. The second-order valence-electron chi connectivity index (χ2n) is 6.48. The van der Waals surface area contributed by atoms with E-state index in [9.17, 15) is 13.6 Å². The van der Waals surface area contributed by atoms with Crippen LogP contribution in [-0.2, 0) is 10.3 Å². The van der Waals surface area contributed by atoms with E-state index < -0.39 is 12.2 Å². The van der Waals surface area contributed by atoms with E-state index >= 15 is 0 Å². The minimum Gasteiger partial charge on any atom is -0.435 e. The number of nitrogens with zero attached hydrogens (tertiary/aromatic N) is 2. The molecular weight excluding hydrogens is 378 g/mol. The fraction of sp³-hybridized carbons (Fsp3) is 0.238. The number of nitrogens with two attached hydrogens (primary N) is 1. The predicted molar refractivity (Wildman–Crippen MR) is 108 cm³/mol. The van der Waals surface area contributed by atoms with Crippen molar-refractivity contribution < 1.29 is 18.3 Å². The number of guanidine groups is 1. The van der Waals surface area contributed by atoms with E-state index in [1.807, 2.05) is 37.3 Å². The number of alkyl halides is 2. The predicted octanol–water partition coefficient (Wildman–Crippen LogP) is 3.31. The molecule has 3 N–H and O–H groups in total. The molecule has 152 valence electrons. The second-order valence-corrected chi connectivity index (χ2v) is 6.48. The summed E-state index contributed by atoms with van der Waals surface area (Å²) in [7, 11) is 1.55. The molecule has 8 heteroatoms. The van der Waals surface area contributed by atoms with Crippen molar-refractivity contribution in [2.45, 2.75) is 19.1 Å². The number of anilines is 1. The average Bonchev–Trinajstić information content (AvgIpc) is 2.93. The molecule has 2 aromatic rings. The van der Waals surface area contributed by atoms with E-state index in [0.717, 1.165) is 5.69 Å². The topological polar surface area (TPSA) is 80.0 Å². The maximum atomic E-state index is 13.2. The van der Waals surface area contributed by atoms with E-state index in [4.69, 9.17) is 5.73 Å². The van der Waals surface area contributed by atoms with Crippen molar-refractivity contribution in [3.05, 3.63) is 71.8 Å². The molecule has 0 fully saturated rings. The lowest BCUT2D eigenvalue weighted by molar-refractivity contribution is -0.129. The molecule has 0 spiro atoms. The van der Waals surface area contributed by atoms with Crippen LogP contribution in [0.25, 0.3) is 0 Å². The molecule has 0 bridgehead atoms. The van der Waals surface area contributed by atoms with Crippen molar-refractivity contribution in [1.82, 2.24) is 4.90 Å². The summed E-state index contributed by atoms with van der Waals surface area (Å²) in [4.78, 5) is 19.0. The number of rotatable bonds is 7. The molecular formula is C21H22F2N4O2. The molecule has 0 saturated heterocycles. The zero-order chi connectivity index (χ0) is 21.0. The van der Waals surface area contributed by atoms with Gasteiger partial charge in [0.15, 0.2) is 11.5 Å². The zero-order valence-corrected chi connectivity index (χ0v) is 16.1. The van der Waals surface area contributed by atoms with Crippen LogP contribution >= 0.6 is 0 Å². The van der Waals surface area contributed by atoms with Gasteiger partial charge in [0.1, 0.15) is 5.75 Å². The zero-order valence-electron chi connectivity index (χ0n) is 16.1. The summed E-state index contributed by atoms with van der Waals surface area (Å²) in [6.45, 7) is -0.368. The number of benzene rings is 2. The smallest absolute Gasteiger partial charge is 0.387 e. The highest BCUT2D eigenvalue weighted by Gasteiger charge is 2.49. The normalized spacial score (nSPS) is 19.1. The van der Waals surface area contributed by atoms with Crippen LogP contribution in [0.2, 0.25) is 0 Å². The Bertz CT molecular complexity index is 944. The standard InChI is InChI=1S/C21H22F2N4O2/c1-3-4-12-25-16-7-5-6-15(13-16)21(18(28)27(2)20(24)26-21)14-8-10-17(11-9-14)29-19(22)23/h3-11,13,19,25H,12H2,1-2H3,(H2,24,26). The third-order valence-corrected chi connectivity index (χ3v) is 4.68. The van der Waals surface area contributed by atoms with Crippen molar-refractivity contribution in [3.8, 4) is 5.75 Å². The Kier molecular flexibility index (Phi) is 5.81. The molecule has 1 unspecified atom stereocenters. The minimum atomic E-state index is -2.93. The van der Waals surface area contributed by atoms with Crippen LogP contribution < -0.4 is 15.8 Å². The third kappa shape index (κ3) is 3.91. The van der Waals surface area contributed by atoms with E-state index in [1.165, 1.54) is 17.0 Å². The number of carbonyl (C=O) groups excluding carboxylic acids is 1. The number of aliphatic imine (C=N–C) groups is 1. The molecule has 1 amide bonds. The first-order chi connectivity index (χ1) is 13.9. The molecule has 1 heterocycles. The van der Waals surface area contributed by atoms with Crippen LogP contribution in [0.1, 0.15) is 18.1 Å². The van der Waals surface area contributed by atoms with Gasteiger partial charge in [-0.05, 0) is 42.3 Å². The first kappa shape index (κ1) is 20.3. The van der Waals surface area contributed by atoms with Gasteiger partial charge in [0, 0.05) is 19.3 Å². The van der Waals surface area contributed by atoms with Crippen LogP contribution in [-0.4, -0.2) is 37.0 Å². The molecule has 1 atom stereocenters. The van der Waals surface area contributed by atoms with E-state index in [-0.39, 0.29) is 17.6 Å². The van der Waals surface area contributed by atoms with Gasteiger partial charge in [-0.15, -0.1) is 0 Å². The van der Waals surface area contributed by atoms with Gasteiger partial charge >= 0.3 is 6.61 Å². The van der Waals surface area contributed by atoms with E-state index in [1.54, 1.807) is 25.2 Å². The Morgan fingerprint density at radius 3 is 2.55 bits per heavy atom. The van der Waals surface area contributed by atoms with Gasteiger partial charge < -0.3 is 15.8 Å². The molecule has 29 heavy (non-hydrogen) atoms. The van der Waals surface area contributed by atoms with Crippen molar-refractivity contribution >= 4 is 17.6 Å². The lowest BCUT2D eigenvalue weighted by Gasteiger charge is -2.26. The first-order valence-corrected chi connectivity index (χ1v) is 9.03. The summed E-state index contributed by atoms with van der Waals surface area (Å²) in [5.41, 5.74) is 6.48. The maximum Gasteiger partial charge on any atom is 0.387 e. The van der Waals surface area contributed by atoms with Crippen LogP contribution in [0.4, 0.5) is 14.5 Å². The van der Waals surface area contributed by atoms with Crippen LogP contribution in [0, 0.1) is 0 Å². The molecule has 1 aliphatic heterocycles.